The summed E-state index contributed by atoms with van der Waals surface area (Å²) in [5.74, 6) is -4.43. The van der Waals surface area contributed by atoms with Gasteiger partial charge in [-0.15, -0.1) is 0 Å². The first-order valence-corrected chi connectivity index (χ1v) is 8.55. The SMILES string of the molecule is CC(Oc1ccc(F)c(F)c1)C(=O)N1CC(C(=O)O)C(c2ccccc2)C1. The maximum absolute atomic E-state index is 13.3. The van der Waals surface area contributed by atoms with Crippen LogP contribution in [0.5, 0.6) is 5.75 Å². The second-order valence-corrected chi connectivity index (χ2v) is 6.54. The van der Waals surface area contributed by atoms with Crippen molar-refractivity contribution in [3.8, 4) is 5.75 Å². The van der Waals surface area contributed by atoms with Crippen LogP contribution in [0.3, 0.4) is 0 Å². The van der Waals surface area contributed by atoms with E-state index in [1.54, 1.807) is 0 Å². The van der Waals surface area contributed by atoms with E-state index >= 15 is 0 Å². The van der Waals surface area contributed by atoms with E-state index in [0.29, 0.717) is 0 Å². The molecule has 2 aromatic rings. The minimum Gasteiger partial charge on any atom is -0.481 e. The fraction of sp³-hybridized carbons (Fsp3) is 0.300. The normalized spacial score (nSPS) is 20.3. The summed E-state index contributed by atoms with van der Waals surface area (Å²) in [4.78, 5) is 25.8. The standard InChI is InChI=1S/C20H19F2NO4/c1-12(27-14-7-8-17(21)18(22)9-14)19(24)23-10-15(16(11-23)20(25)26)13-5-3-2-4-6-13/h2-9,12,15-16H,10-11H2,1H3,(H,25,26). The monoisotopic (exact) mass is 375 g/mol. The number of rotatable bonds is 5. The van der Waals surface area contributed by atoms with Crippen LogP contribution in [0.2, 0.25) is 0 Å². The molecule has 7 heteroatoms. The molecule has 1 amide bonds. The van der Waals surface area contributed by atoms with Crippen molar-refractivity contribution in [1.29, 1.82) is 0 Å². The van der Waals surface area contributed by atoms with Gasteiger partial charge in [-0.2, -0.15) is 0 Å². The van der Waals surface area contributed by atoms with Gasteiger partial charge in [-0.3, -0.25) is 9.59 Å². The predicted octanol–water partition coefficient (Wildman–Crippen LogP) is 3.06. The zero-order valence-electron chi connectivity index (χ0n) is 14.6. The fourth-order valence-electron chi connectivity index (χ4n) is 3.33. The van der Waals surface area contributed by atoms with E-state index in [2.05, 4.69) is 0 Å². The first-order chi connectivity index (χ1) is 12.9. The number of carboxylic acids is 1. The fourth-order valence-corrected chi connectivity index (χ4v) is 3.33. The van der Waals surface area contributed by atoms with E-state index in [1.165, 1.54) is 17.9 Å². The molecule has 2 aromatic carbocycles. The van der Waals surface area contributed by atoms with Crippen molar-refractivity contribution in [1.82, 2.24) is 4.90 Å². The zero-order valence-corrected chi connectivity index (χ0v) is 14.6. The van der Waals surface area contributed by atoms with E-state index < -0.39 is 35.5 Å². The Bertz CT molecular complexity index is 843. The highest BCUT2D eigenvalue weighted by Crippen LogP contribution is 2.33. The third kappa shape index (κ3) is 4.07. The maximum atomic E-state index is 13.3. The number of hydrogen-bond donors (Lipinski definition) is 1. The zero-order chi connectivity index (χ0) is 19.6. The van der Waals surface area contributed by atoms with Crippen LogP contribution in [-0.4, -0.2) is 41.1 Å². The van der Waals surface area contributed by atoms with E-state index in [-0.39, 0.29) is 24.8 Å². The molecular formula is C20H19F2NO4. The number of carbonyl (C=O) groups is 2. The molecule has 3 unspecified atom stereocenters. The van der Waals surface area contributed by atoms with Gasteiger partial charge in [0.15, 0.2) is 17.7 Å². The molecule has 1 N–H and O–H groups in total. The predicted molar refractivity (Wildman–Crippen MR) is 93.3 cm³/mol. The molecule has 5 nitrogen and oxygen atoms in total. The van der Waals surface area contributed by atoms with E-state index in [1.807, 2.05) is 30.3 Å². The molecule has 1 fully saturated rings. The Labute approximate surface area is 155 Å². The van der Waals surface area contributed by atoms with Crippen LogP contribution in [0, 0.1) is 17.6 Å². The first-order valence-electron chi connectivity index (χ1n) is 8.55. The molecule has 3 rings (SSSR count). The summed E-state index contributed by atoms with van der Waals surface area (Å²) in [6.45, 7) is 1.82. The molecule has 27 heavy (non-hydrogen) atoms. The van der Waals surface area contributed by atoms with Crippen LogP contribution < -0.4 is 4.74 Å². The number of carbonyl (C=O) groups excluding carboxylic acids is 1. The number of ether oxygens (including phenoxy) is 1. The average molecular weight is 375 g/mol. The van der Waals surface area contributed by atoms with Crippen LogP contribution in [-0.2, 0) is 9.59 Å². The van der Waals surface area contributed by atoms with Gasteiger partial charge in [-0.1, -0.05) is 30.3 Å². The number of aliphatic carboxylic acids is 1. The van der Waals surface area contributed by atoms with Gasteiger partial charge in [0.25, 0.3) is 5.91 Å². The second-order valence-electron chi connectivity index (χ2n) is 6.54. The Hall–Kier alpha value is -2.96. The lowest BCUT2D eigenvalue weighted by atomic mass is 9.89. The smallest absolute Gasteiger partial charge is 0.308 e. The topological polar surface area (TPSA) is 66.8 Å². The molecule has 1 heterocycles. The molecule has 0 aliphatic carbocycles. The first kappa shape index (κ1) is 18.8. The Morgan fingerprint density at radius 3 is 2.44 bits per heavy atom. The summed E-state index contributed by atoms with van der Waals surface area (Å²) < 4.78 is 31.7. The number of amides is 1. The number of halogens is 2. The molecule has 3 atom stereocenters. The summed E-state index contributed by atoms with van der Waals surface area (Å²) in [5.41, 5.74) is 0.856. The largest absolute Gasteiger partial charge is 0.481 e. The van der Waals surface area contributed by atoms with Gasteiger partial charge in [0.2, 0.25) is 0 Å². The number of likely N-dealkylation sites (tertiary alicyclic amines) is 1. The average Bonchev–Trinajstić information content (AvgIpc) is 3.10. The van der Waals surface area contributed by atoms with Gasteiger partial charge in [0.1, 0.15) is 5.75 Å². The summed E-state index contributed by atoms with van der Waals surface area (Å²) in [6.07, 6.45) is -0.959. The summed E-state index contributed by atoms with van der Waals surface area (Å²) in [7, 11) is 0. The Morgan fingerprint density at radius 2 is 1.81 bits per heavy atom. The maximum Gasteiger partial charge on any atom is 0.308 e. The highest BCUT2D eigenvalue weighted by Gasteiger charge is 2.41. The molecule has 142 valence electrons. The van der Waals surface area contributed by atoms with Crippen molar-refractivity contribution in [2.75, 3.05) is 13.1 Å². The van der Waals surface area contributed by atoms with Crippen molar-refractivity contribution in [3.63, 3.8) is 0 Å². The summed E-state index contributed by atoms with van der Waals surface area (Å²) in [6, 6.07) is 12.2. The van der Waals surface area contributed by atoms with Crippen LogP contribution in [0.15, 0.2) is 48.5 Å². The van der Waals surface area contributed by atoms with Gasteiger partial charge >= 0.3 is 5.97 Å². The molecule has 1 saturated heterocycles. The number of carboxylic acid groups (broad SMARTS) is 1. The van der Waals surface area contributed by atoms with Crippen LogP contribution in [0.4, 0.5) is 8.78 Å². The van der Waals surface area contributed by atoms with Gasteiger partial charge in [0, 0.05) is 25.1 Å². The third-order valence-electron chi connectivity index (χ3n) is 4.73. The van der Waals surface area contributed by atoms with Crippen LogP contribution in [0.25, 0.3) is 0 Å². The lowest BCUT2D eigenvalue weighted by Gasteiger charge is -2.22. The third-order valence-corrected chi connectivity index (χ3v) is 4.73. The van der Waals surface area contributed by atoms with Crippen LogP contribution >= 0.6 is 0 Å². The quantitative estimate of drug-likeness (QED) is 0.872. The Balaban J connectivity index is 1.72. The van der Waals surface area contributed by atoms with Crippen molar-refractivity contribution in [2.45, 2.75) is 18.9 Å². The van der Waals surface area contributed by atoms with Gasteiger partial charge < -0.3 is 14.7 Å². The molecule has 1 aliphatic rings. The van der Waals surface area contributed by atoms with Crippen molar-refractivity contribution < 1.29 is 28.2 Å². The molecule has 0 radical (unpaired) electrons. The van der Waals surface area contributed by atoms with Crippen molar-refractivity contribution >= 4 is 11.9 Å². The van der Waals surface area contributed by atoms with Crippen molar-refractivity contribution in [3.05, 3.63) is 65.7 Å². The summed E-state index contributed by atoms with van der Waals surface area (Å²) >= 11 is 0. The van der Waals surface area contributed by atoms with Crippen molar-refractivity contribution in [2.24, 2.45) is 5.92 Å². The molecule has 0 saturated carbocycles. The second kappa shape index (κ2) is 7.73. The Morgan fingerprint density at radius 1 is 1.11 bits per heavy atom. The lowest BCUT2D eigenvalue weighted by Crippen LogP contribution is -2.39. The molecule has 0 bridgehead atoms. The highest BCUT2D eigenvalue weighted by molar-refractivity contribution is 5.83. The minimum atomic E-state index is -1.07. The van der Waals surface area contributed by atoms with E-state index in [9.17, 15) is 23.5 Å². The van der Waals surface area contributed by atoms with Gasteiger partial charge in [-0.25, -0.2) is 8.78 Å². The molecule has 0 aromatic heterocycles. The number of nitrogens with zero attached hydrogens (tertiary/aromatic N) is 1. The Kier molecular flexibility index (Phi) is 5.39. The van der Waals surface area contributed by atoms with E-state index in [0.717, 1.165) is 17.7 Å². The minimum absolute atomic E-state index is 0.0309. The molecular weight excluding hydrogens is 356 g/mol. The van der Waals surface area contributed by atoms with Gasteiger partial charge in [0.05, 0.1) is 5.92 Å². The number of hydrogen-bond acceptors (Lipinski definition) is 3. The molecule has 1 aliphatic heterocycles. The highest BCUT2D eigenvalue weighted by atomic mass is 19.2. The van der Waals surface area contributed by atoms with Crippen LogP contribution in [0.1, 0.15) is 18.4 Å². The number of benzene rings is 2. The van der Waals surface area contributed by atoms with Gasteiger partial charge in [-0.05, 0) is 24.6 Å². The van der Waals surface area contributed by atoms with E-state index in [4.69, 9.17) is 4.74 Å². The lowest BCUT2D eigenvalue weighted by molar-refractivity contribution is -0.142. The molecule has 0 spiro atoms. The summed E-state index contributed by atoms with van der Waals surface area (Å²) in [5, 5.41) is 9.53.